The number of ether oxygens (including phenoxy) is 2. The Morgan fingerprint density at radius 1 is 1.50 bits per heavy atom. The molecule has 5 heteroatoms. The summed E-state index contributed by atoms with van der Waals surface area (Å²) in [6.45, 7) is 2.86. The second-order valence-electron chi connectivity index (χ2n) is 3.76. The van der Waals surface area contributed by atoms with Gasteiger partial charge < -0.3 is 14.8 Å². The highest BCUT2D eigenvalue weighted by atomic mass is 35.5. The summed E-state index contributed by atoms with van der Waals surface area (Å²) < 4.78 is 10.5. The summed E-state index contributed by atoms with van der Waals surface area (Å²) in [6.07, 6.45) is 0.0750. The first-order chi connectivity index (χ1) is 8.67. The standard InChI is InChI=1S/C13H18ClNO3/c1-3-12(13(16)15-7-8-17-2)18-11-6-4-5-10(14)9-11/h4-6,9,12H,3,7-8H2,1-2H3,(H,15,16)/t12-/m1/s1. The average Bonchev–Trinajstić information content (AvgIpc) is 2.36. The summed E-state index contributed by atoms with van der Waals surface area (Å²) in [6, 6.07) is 7.00. The Hall–Kier alpha value is -1.26. The fourth-order valence-corrected chi connectivity index (χ4v) is 1.60. The van der Waals surface area contributed by atoms with Gasteiger partial charge >= 0.3 is 0 Å². The van der Waals surface area contributed by atoms with Crippen LogP contribution in [0.1, 0.15) is 13.3 Å². The summed E-state index contributed by atoms with van der Waals surface area (Å²) in [4.78, 5) is 11.8. The largest absolute Gasteiger partial charge is 0.481 e. The van der Waals surface area contributed by atoms with Crippen molar-refractivity contribution in [3.63, 3.8) is 0 Å². The Morgan fingerprint density at radius 2 is 2.28 bits per heavy atom. The van der Waals surface area contributed by atoms with Crippen molar-refractivity contribution in [2.45, 2.75) is 19.4 Å². The first-order valence-corrected chi connectivity index (χ1v) is 6.24. The molecule has 0 spiro atoms. The Bertz CT molecular complexity index is 384. The number of halogens is 1. The van der Waals surface area contributed by atoms with Crippen LogP contribution in [-0.4, -0.2) is 32.3 Å². The zero-order valence-electron chi connectivity index (χ0n) is 10.6. The monoisotopic (exact) mass is 271 g/mol. The minimum absolute atomic E-state index is 0.144. The second kappa shape index (κ2) is 7.95. The molecule has 0 fully saturated rings. The summed E-state index contributed by atoms with van der Waals surface area (Å²) in [5.74, 6) is 0.450. The van der Waals surface area contributed by atoms with Gasteiger partial charge in [0.1, 0.15) is 5.75 Å². The molecule has 0 saturated carbocycles. The number of rotatable bonds is 7. The van der Waals surface area contributed by atoms with Crippen molar-refractivity contribution in [3.8, 4) is 5.75 Å². The highest BCUT2D eigenvalue weighted by Gasteiger charge is 2.17. The highest BCUT2D eigenvalue weighted by molar-refractivity contribution is 6.30. The predicted molar refractivity (Wildman–Crippen MR) is 71.0 cm³/mol. The van der Waals surface area contributed by atoms with Crippen LogP contribution >= 0.6 is 11.6 Å². The third-order valence-corrected chi connectivity index (χ3v) is 2.58. The third kappa shape index (κ3) is 4.94. The molecule has 1 rings (SSSR count). The maximum Gasteiger partial charge on any atom is 0.261 e. The molecule has 1 atom stereocenters. The molecule has 0 aliphatic rings. The molecule has 1 aromatic carbocycles. The summed E-state index contributed by atoms with van der Waals surface area (Å²) in [7, 11) is 1.59. The van der Waals surface area contributed by atoms with Crippen LogP contribution in [0.3, 0.4) is 0 Å². The Balaban J connectivity index is 2.53. The molecule has 0 saturated heterocycles. The molecule has 0 aromatic heterocycles. The number of benzene rings is 1. The van der Waals surface area contributed by atoms with E-state index in [-0.39, 0.29) is 5.91 Å². The van der Waals surface area contributed by atoms with Crippen molar-refractivity contribution in [1.29, 1.82) is 0 Å². The molecule has 0 radical (unpaired) electrons. The highest BCUT2D eigenvalue weighted by Crippen LogP contribution is 2.19. The van der Waals surface area contributed by atoms with Crippen LogP contribution in [0.2, 0.25) is 5.02 Å². The van der Waals surface area contributed by atoms with E-state index in [1.54, 1.807) is 31.4 Å². The zero-order valence-corrected chi connectivity index (χ0v) is 11.4. The zero-order chi connectivity index (χ0) is 13.4. The van der Waals surface area contributed by atoms with Gasteiger partial charge in [-0.2, -0.15) is 0 Å². The van der Waals surface area contributed by atoms with E-state index in [1.807, 2.05) is 6.92 Å². The summed E-state index contributed by atoms with van der Waals surface area (Å²) in [5, 5.41) is 3.33. The van der Waals surface area contributed by atoms with Crippen LogP contribution in [0.4, 0.5) is 0 Å². The van der Waals surface area contributed by atoms with Gasteiger partial charge in [0.2, 0.25) is 0 Å². The van der Waals surface area contributed by atoms with E-state index in [1.165, 1.54) is 0 Å². The van der Waals surface area contributed by atoms with Crippen LogP contribution in [0.5, 0.6) is 5.75 Å². The predicted octanol–water partition coefficient (Wildman–Crippen LogP) is 2.26. The topological polar surface area (TPSA) is 47.6 Å². The fourth-order valence-electron chi connectivity index (χ4n) is 1.42. The SMILES string of the molecule is CC[C@@H](Oc1cccc(Cl)c1)C(=O)NCCOC. The number of carbonyl (C=O) groups excluding carboxylic acids is 1. The van der Waals surface area contributed by atoms with E-state index in [4.69, 9.17) is 21.1 Å². The molecule has 0 heterocycles. The van der Waals surface area contributed by atoms with E-state index >= 15 is 0 Å². The number of methoxy groups -OCH3 is 1. The van der Waals surface area contributed by atoms with Gasteiger partial charge in [-0.05, 0) is 24.6 Å². The van der Waals surface area contributed by atoms with Crippen LogP contribution in [0.15, 0.2) is 24.3 Å². The third-order valence-electron chi connectivity index (χ3n) is 2.34. The number of hydrogen-bond acceptors (Lipinski definition) is 3. The lowest BCUT2D eigenvalue weighted by Crippen LogP contribution is -2.39. The van der Waals surface area contributed by atoms with Crippen molar-refractivity contribution in [2.24, 2.45) is 0 Å². The number of amides is 1. The van der Waals surface area contributed by atoms with Gasteiger partial charge in [-0.15, -0.1) is 0 Å². The van der Waals surface area contributed by atoms with Crippen molar-refractivity contribution in [3.05, 3.63) is 29.3 Å². The minimum atomic E-state index is -0.514. The van der Waals surface area contributed by atoms with E-state index in [2.05, 4.69) is 5.32 Å². The second-order valence-corrected chi connectivity index (χ2v) is 4.19. The lowest BCUT2D eigenvalue weighted by atomic mass is 10.2. The van der Waals surface area contributed by atoms with Gasteiger partial charge in [-0.3, -0.25) is 4.79 Å². The fraction of sp³-hybridized carbons (Fsp3) is 0.462. The van der Waals surface area contributed by atoms with E-state index < -0.39 is 6.10 Å². The van der Waals surface area contributed by atoms with Gasteiger partial charge in [0, 0.05) is 18.7 Å². The number of hydrogen-bond donors (Lipinski definition) is 1. The maximum atomic E-state index is 11.8. The minimum Gasteiger partial charge on any atom is -0.481 e. The van der Waals surface area contributed by atoms with Gasteiger partial charge in [0.15, 0.2) is 6.10 Å². The Labute approximate surface area is 112 Å². The van der Waals surface area contributed by atoms with Crippen LogP contribution in [0.25, 0.3) is 0 Å². The molecule has 4 nitrogen and oxygen atoms in total. The van der Waals surface area contributed by atoms with Gasteiger partial charge in [-0.1, -0.05) is 24.6 Å². The molecule has 18 heavy (non-hydrogen) atoms. The quantitative estimate of drug-likeness (QED) is 0.774. The first kappa shape index (κ1) is 14.8. The number of carbonyl (C=O) groups is 1. The molecule has 0 aliphatic carbocycles. The van der Waals surface area contributed by atoms with Gasteiger partial charge in [0.25, 0.3) is 5.91 Å². The summed E-state index contributed by atoms with van der Waals surface area (Å²) >= 11 is 5.86. The number of nitrogens with one attached hydrogen (secondary N) is 1. The van der Waals surface area contributed by atoms with Crippen LogP contribution in [0, 0.1) is 0 Å². The molecule has 1 N–H and O–H groups in total. The Kier molecular flexibility index (Phi) is 6.54. The molecular formula is C13H18ClNO3. The van der Waals surface area contributed by atoms with Crippen LogP contribution in [-0.2, 0) is 9.53 Å². The van der Waals surface area contributed by atoms with E-state index in [0.29, 0.717) is 30.3 Å². The van der Waals surface area contributed by atoms with Gasteiger partial charge in [0.05, 0.1) is 6.61 Å². The smallest absolute Gasteiger partial charge is 0.261 e. The molecule has 100 valence electrons. The van der Waals surface area contributed by atoms with Crippen LogP contribution < -0.4 is 10.1 Å². The van der Waals surface area contributed by atoms with Gasteiger partial charge in [-0.25, -0.2) is 0 Å². The molecule has 0 unspecified atom stereocenters. The van der Waals surface area contributed by atoms with E-state index in [9.17, 15) is 4.79 Å². The van der Waals surface area contributed by atoms with Crippen molar-refractivity contribution in [1.82, 2.24) is 5.32 Å². The first-order valence-electron chi connectivity index (χ1n) is 5.86. The molecule has 0 aliphatic heterocycles. The lowest BCUT2D eigenvalue weighted by Gasteiger charge is -2.17. The normalized spacial score (nSPS) is 11.9. The average molecular weight is 272 g/mol. The molecular weight excluding hydrogens is 254 g/mol. The lowest BCUT2D eigenvalue weighted by molar-refractivity contribution is -0.128. The molecule has 1 amide bonds. The molecule has 0 bridgehead atoms. The summed E-state index contributed by atoms with van der Waals surface area (Å²) in [5.41, 5.74) is 0. The van der Waals surface area contributed by atoms with Crippen molar-refractivity contribution >= 4 is 17.5 Å². The van der Waals surface area contributed by atoms with Crippen molar-refractivity contribution < 1.29 is 14.3 Å². The maximum absolute atomic E-state index is 11.8. The van der Waals surface area contributed by atoms with Crippen molar-refractivity contribution in [2.75, 3.05) is 20.3 Å². The molecule has 1 aromatic rings. The van der Waals surface area contributed by atoms with E-state index in [0.717, 1.165) is 0 Å². The Morgan fingerprint density at radius 3 is 2.89 bits per heavy atom.